The quantitative estimate of drug-likeness (QED) is 0.843. The fourth-order valence-electron chi connectivity index (χ4n) is 2.55. The second-order valence-electron chi connectivity index (χ2n) is 5.74. The Kier molecular flexibility index (Phi) is 4.29. The number of para-hydroxylation sites is 1. The number of anilines is 1. The number of rotatable bonds is 3. The molecule has 2 aromatic rings. The van der Waals surface area contributed by atoms with Crippen molar-refractivity contribution in [3.8, 4) is 0 Å². The number of aliphatic imine (C=N–C) groups is 1. The van der Waals surface area contributed by atoms with Crippen LogP contribution in [0.1, 0.15) is 5.56 Å². The summed E-state index contributed by atoms with van der Waals surface area (Å²) in [7, 11) is -3.94. The summed E-state index contributed by atoms with van der Waals surface area (Å²) in [5.74, 6) is -0.128. The van der Waals surface area contributed by atoms with Crippen LogP contribution in [0.5, 0.6) is 0 Å². The molecule has 1 heterocycles. The third kappa shape index (κ3) is 3.30. The van der Waals surface area contributed by atoms with Gasteiger partial charge in [-0.2, -0.15) is 13.2 Å². The van der Waals surface area contributed by atoms with Crippen LogP contribution in [0, 0.1) is 0 Å². The molecule has 0 aromatic heterocycles. The third-order valence-electron chi connectivity index (χ3n) is 3.89. The van der Waals surface area contributed by atoms with Crippen molar-refractivity contribution in [1.29, 1.82) is 0 Å². The minimum Gasteiger partial charge on any atom is -0.361 e. The Morgan fingerprint density at radius 2 is 1.65 bits per heavy atom. The predicted molar refractivity (Wildman–Crippen MR) is 89.1 cm³/mol. The fraction of sp³-hybridized carbons (Fsp3) is 0.188. The van der Waals surface area contributed by atoms with Crippen LogP contribution in [0.3, 0.4) is 0 Å². The first-order valence-corrected chi connectivity index (χ1v) is 8.91. The average Bonchev–Trinajstić information content (AvgIpc) is 2.94. The first-order valence-electron chi connectivity index (χ1n) is 7.36. The van der Waals surface area contributed by atoms with E-state index in [0.29, 0.717) is 5.69 Å². The molecule has 0 saturated carbocycles. The van der Waals surface area contributed by atoms with E-state index in [-0.39, 0.29) is 16.3 Å². The second-order valence-corrected chi connectivity index (χ2v) is 7.30. The van der Waals surface area contributed by atoms with Crippen molar-refractivity contribution < 1.29 is 26.7 Å². The lowest BCUT2D eigenvalue weighted by Gasteiger charge is -2.25. The molecule has 1 aliphatic rings. The van der Waals surface area contributed by atoms with Crippen molar-refractivity contribution in [2.45, 2.75) is 16.8 Å². The lowest BCUT2D eigenvalue weighted by molar-refractivity contribution is -0.249. The lowest BCUT2D eigenvalue weighted by atomic mass is 10.1. The van der Waals surface area contributed by atoms with Gasteiger partial charge in [-0.25, -0.2) is 18.5 Å². The van der Waals surface area contributed by atoms with Gasteiger partial charge < -0.3 is 10.0 Å². The van der Waals surface area contributed by atoms with Crippen molar-refractivity contribution in [1.82, 2.24) is 0 Å². The van der Waals surface area contributed by atoms with Gasteiger partial charge in [0.25, 0.3) is 5.72 Å². The van der Waals surface area contributed by atoms with Gasteiger partial charge in [-0.1, -0.05) is 18.2 Å². The molecule has 6 nitrogen and oxygen atoms in total. The number of amidine groups is 1. The Bertz CT molecular complexity index is 944. The van der Waals surface area contributed by atoms with Gasteiger partial charge in [0, 0.05) is 11.3 Å². The van der Waals surface area contributed by atoms with E-state index in [9.17, 15) is 26.7 Å². The maximum atomic E-state index is 13.3. The average molecular weight is 385 g/mol. The molecule has 10 heteroatoms. The predicted octanol–water partition coefficient (Wildman–Crippen LogP) is 1.85. The molecule has 1 atom stereocenters. The minimum atomic E-state index is -4.97. The van der Waals surface area contributed by atoms with Gasteiger partial charge >= 0.3 is 6.18 Å². The number of halogens is 3. The first-order chi connectivity index (χ1) is 12.0. The Morgan fingerprint density at radius 3 is 2.15 bits per heavy atom. The molecule has 26 heavy (non-hydrogen) atoms. The number of hydrogen-bond acceptors (Lipinski definition) is 5. The maximum absolute atomic E-state index is 13.3. The second kappa shape index (κ2) is 6.08. The van der Waals surface area contributed by atoms with Crippen molar-refractivity contribution >= 4 is 21.5 Å². The van der Waals surface area contributed by atoms with Gasteiger partial charge in [0.1, 0.15) is 5.84 Å². The number of sulfonamides is 1. The monoisotopic (exact) mass is 385 g/mol. The normalized spacial score (nSPS) is 21.0. The molecule has 0 amide bonds. The maximum Gasteiger partial charge on any atom is 0.440 e. The molecule has 0 spiro atoms. The Morgan fingerprint density at radius 1 is 1.08 bits per heavy atom. The van der Waals surface area contributed by atoms with Gasteiger partial charge in [0.05, 0.1) is 11.4 Å². The van der Waals surface area contributed by atoms with Crippen LogP contribution in [0.2, 0.25) is 0 Å². The number of primary sulfonamides is 1. The van der Waals surface area contributed by atoms with Gasteiger partial charge in [-0.15, -0.1) is 0 Å². The van der Waals surface area contributed by atoms with Gasteiger partial charge in [-0.3, -0.25) is 0 Å². The zero-order valence-electron chi connectivity index (χ0n) is 13.2. The highest BCUT2D eigenvalue weighted by molar-refractivity contribution is 7.89. The van der Waals surface area contributed by atoms with Crippen LogP contribution in [0.15, 0.2) is 64.5 Å². The molecule has 0 saturated heterocycles. The van der Waals surface area contributed by atoms with E-state index in [2.05, 4.69) is 4.99 Å². The molecule has 0 fully saturated rings. The van der Waals surface area contributed by atoms with Crippen LogP contribution in [0.4, 0.5) is 18.9 Å². The van der Waals surface area contributed by atoms with Gasteiger partial charge in [-0.05, 0) is 36.4 Å². The largest absolute Gasteiger partial charge is 0.440 e. The van der Waals surface area contributed by atoms with Gasteiger partial charge in [0.15, 0.2) is 0 Å². The zero-order chi connectivity index (χ0) is 19.2. The number of benzene rings is 2. The summed E-state index contributed by atoms with van der Waals surface area (Å²) < 4.78 is 62.5. The number of alkyl halides is 3. The van der Waals surface area contributed by atoms with Crippen molar-refractivity contribution in [3.63, 3.8) is 0 Å². The summed E-state index contributed by atoms with van der Waals surface area (Å²) in [6.45, 7) is -0.813. The molecular weight excluding hydrogens is 371 g/mol. The third-order valence-corrected chi connectivity index (χ3v) is 4.82. The van der Waals surface area contributed by atoms with Crippen molar-refractivity contribution in [2.75, 3.05) is 11.4 Å². The number of hydrogen-bond donors (Lipinski definition) is 2. The number of aliphatic hydroxyl groups is 1. The van der Waals surface area contributed by atoms with Crippen LogP contribution in [-0.2, 0) is 10.0 Å². The molecule has 2 aromatic carbocycles. The van der Waals surface area contributed by atoms with E-state index in [1.165, 1.54) is 29.2 Å². The molecular formula is C16H14F3N3O3S. The van der Waals surface area contributed by atoms with E-state index in [1.54, 1.807) is 30.3 Å². The van der Waals surface area contributed by atoms with Crippen molar-refractivity contribution in [3.05, 3.63) is 60.2 Å². The molecule has 1 aliphatic heterocycles. The van der Waals surface area contributed by atoms with Crippen LogP contribution in [0.25, 0.3) is 0 Å². The molecule has 0 radical (unpaired) electrons. The highest BCUT2D eigenvalue weighted by Gasteiger charge is 2.58. The van der Waals surface area contributed by atoms with E-state index in [0.717, 1.165) is 0 Å². The van der Waals surface area contributed by atoms with E-state index >= 15 is 0 Å². The number of nitrogens with two attached hydrogens (primary N) is 1. The zero-order valence-corrected chi connectivity index (χ0v) is 14.0. The lowest BCUT2D eigenvalue weighted by Crippen LogP contribution is -2.47. The number of β-amino-alcohol motifs (C(OH)–C–C–N with tert-alkyl or cyclic N) is 1. The van der Waals surface area contributed by atoms with Crippen LogP contribution < -0.4 is 10.0 Å². The molecule has 0 aliphatic carbocycles. The number of nitrogens with zero attached hydrogens (tertiary/aromatic N) is 2. The van der Waals surface area contributed by atoms with E-state index < -0.39 is 28.5 Å². The van der Waals surface area contributed by atoms with E-state index in [4.69, 9.17) is 5.14 Å². The highest BCUT2D eigenvalue weighted by atomic mass is 32.2. The minimum absolute atomic E-state index is 0.128. The molecule has 138 valence electrons. The summed E-state index contributed by atoms with van der Waals surface area (Å²) >= 11 is 0. The standard InChI is InChI=1S/C16H14F3N3O3S/c17-16(18,19)15(23)10-22(12-4-2-1-3-5-12)14(21-15)11-6-8-13(9-7-11)26(20,24)25/h1-9,23H,10H2,(H2,20,24,25). The van der Waals surface area contributed by atoms with Crippen LogP contribution >= 0.6 is 0 Å². The topological polar surface area (TPSA) is 96.0 Å². The SMILES string of the molecule is NS(=O)(=O)c1ccc(C2=NC(O)(C(F)(F)F)CN2c2ccccc2)cc1. The summed E-state index contributed by atoms with van der Waals surface area (Å²) in [6, 6.07) is 13.1. The summed E-state index contributed by atoms with van der Waals surface area (Å²) in [5.41, 5.74) is -2.65. The fourth-order valence-corrected chi connectivity index (χ4v) is 3.07. The Balaban J connectivity index is 2.09. The molecule has 3 N–H and O–H groups in total. The first kappa shape index (κ1) is 18.4. The van der Waals surface area contributed by atoms with E-state index in [1.807, 2.05) is 0 Å². The Hall–Kier alpha value is -2.43. The van der Waals surface area contributed by atoms with Crippen molar-refractivity contribution in [2.24, 2.45) is 10.1 Å². The smallest absolute Gasteiger partial charge is 0.361 e. The summed E-state index contributed by atoms with van der Waals surface area (Å²) in [5, 5.41) is 15.0. The molecule has 1 unspecified atom stereocenters. The van der Waals surface area contributed by atoms with Crippen LogP contribution in [-0.4, -0.2) is 37.8 Å². The highest BCUT2D eigenvalue weighted by Crippen LogP contribution is 2.38. The summed E-state index contributed by atoms with van der Waals surface area (Å²) in [6.07, 6.45) is -4.97. The van der Waals surface area contributed by atoms with Gasteiger partial charge in [0.2, 0.25) is 10.0 Å². The molecule has 0 bridgehead atoms. The summed E-state index contributed by atoms with van der Waals surface area (Å²) in [4.78, 5) is 4.54. The molecule has 3 rings (SSSR count). The Labute approximate surface area is 147 Å².